The van der Waals surface area contributed by atoms with Crippen molar-refractivity contribution in [1.82, 2.24) is 0 Å². The highest BCUT2D eigenvalue weighted by molar-refractivity contribution is 6.11. The number of fused-ring (bicyclic) bond motifs is 1. The topological polar surface area (TPSA) is 37.3 Å². The van der Waals surface area contributed by atoms with Gasteiger partial charge in [-0.3, -0.25) is 4.79 Å². The van der Waals surface area contributed by atoms with Crippen molar-refractivity contribution in [3.63, 3.8) is 0 Å². The van der Waals surface area contributed by atoms with E-state index in [9.17, 15) is 9.90 Å². The van der Waals surface area contributed by atoms with Gasteiger partial charge in [-0.15, -0.1) is 0 Å². The Labute approximate surface area is 107 Å². The van der Waals surface area contributed by atoms with Gasteiger partial charge in [0.1, 0.15) is 5.75 Å². The van der Waals surface area contributed by atoms with Crippen molar-refractivity contribution in [2.24, 2.45) is 0 Å². The van der Waals surface area contributed by atoms with Crippen LogP contribution in [0.15, 0.2) is 54.2 Å². The highest BCUT2D eigenvalue weighted by Crippen LogP contribution is 2.28. The van der Waals surface area contributed by atoms with Crippen molar-refractivity contribution in [1.29, 1.82) is 0 Å². The van der Waals surface area contributed by atoms with Crippen LogP contribution in [0.3, 0.4) is 0 Å². The van der Waals surface area contributed by atoms with Crippen LogP contribution in [0, 0.1) is 0 Å². The Morgan fingerprint density at radius 2 is 2.17 bits per heavy atom. The van der Waals surface area contributed by atoms with Crippen molar-refractivity contribution in [3.8, 4) is 5.75 Å². The second kappa shape index (κ2) is 5.05. The standard InChI is InChI=1S/C16H16O2/c1-3-11(4-2)9-13-6-5-12-10-14(17)7-8-15(12)16(13)18/h3-4,7-10,17H,1,5-6H2,2H3/b11-4+,13-9+. The average Bonchev–Trinajstić information content (AvgIpc) is 2.38. The highest BCUT2D eigenvalue weighted by Gasteiger charge is 2.21. The first-order valence-corrected chi connectivity index (χ1v) is 6.01. The minimum atomic E-state index is 0.0532. The number of Topliss-reactive ketones (excluding diaryl/α,β-unsaturated/α-hetero) is 1. The van der Waals surface area contributed by atoms with Crippen LogP contribution in [-0.2, 0) is 6.42 Å². The molecule has 0 fully saturated rings. The lowest BCUT2D eigenvalue weighted by molar-refractivity contribution is 0.102. The smallest absolute Gasteiger partial charge is 0.189 e. The molecule has 0 aliphatic heterocycles. The number of phenols is 1. The van der Waals surface area contributed by atoms with E-state index < -0.39 is 0 Å². The molecule has 0 saturated heterocycles. The number of aromatic hydroxyl groups is 1. The van der Waals surface area contributed by atoms with E-state index in [4.69, 9.17) is 0 Å². The molecule has 0 amide bonds. The van der Waals surface area contributed by atoms with Gasteiger partial charge in [-0.2, -0.15) is 0 Å². The summed E-state index contributed by atoms with van der Waals surface area (Å²) in [5.41, 5.74) is 3.39. The van der Waals surface area contributed by atoms with E-state index >= 15 is 0 Å². The zero-order chi connectivity index (χ0) is 13.1. The van der Waals surface area contributed by atoms with Crippen molar-refractivity contribution in [3.05, 3.63) is 65.3 Å². The first kappa shape index (κ1) is 12.4. The van der Waals surface area contributed by atoms with Gasteiger partial charge in [-0.25, -0.2) is 0 Å². The van der Waals surface area contributed by atoms with Crippen LogP contribution >= 0.6 is 0 Å². The Morgan fingerprint density at radius 1 is 1.39 bits per heavy atom. The van der Waals surface area contributed by atoms with E-state index in [1.54, 1.807) is 24.3 Å². The molecule has 2 heteroatoms. The molecule has 1 aliphatic rings. The molecule has 1 aromatic carbocycles. The molecule has 2 rings (SSSR count). The van der Waals surface area contributed by atoms with E-state index in [2.05, 4.69) is 6.58 Å². The lowest BCUT2D eigenvalue weighted by Gasteiger charge is -2.17. The SMILES string of the molecule is C=CC(=C\C)/C=C1\CCc2cc(O)ccc2C1=O. The van der Waals surface area contributed by atoms with Crippen molar-refractivity contribution < 1.29 is 9.90 Å². The largest absolute Gasteiger partial charge is 0.508 e. The normalized spacial score (nSPS) is 17.7. The molecule has 2 nitrogen and oxygen atoms in total. The molecule has 0 aromatic heterocycles. The fourth-order valence-corrected chi connectivity index (χ4v) is 2.16. The lowest BCUT2D eigenvalue weighted by Crippen LogP contribution is -2.14. The number of phenolic OH excluding ortho intramolecular Hbond substituents is 1. The molecular formula is C16H16O2. The van der Waals surface area contributed by atoms with Gasteiger partial charge < -0.3 is 5.11 Å². The molecule has 92 valence electrons. The van der Waals surface area contributed by atoms with Crippen LogP contribution in [0.5, 0.6) is 5.75 Å². The number of allylic oxidation sites excluding steroid dienone is 5. The summed E-state index contributed by atoms with van der Waals surface area (Å²) in [6.07, 6.45) is 7.06. The minimum absolute atomic E-state index is 0.0532. The number of hydrogen-bond donors (Lipinski definition) is 1. The van der Waals surface area contributed by atoms with Gasteiger partial charge in [0, 0.05) is 11.1 Å². The Morgan fingerprint density at radius 3 is 2.83 bits per heavy atom. The summed E-state index contributed by atoms with van der Waals surface area (Å²) < 4.78 is 0. The average molecular weight is 240 g/mol. The Hall–Kier alpha value is -2.09. The van der Waals surface area contributed by atoms with Crippen LogP contribution < -0.4 is 0 Å². The maximum atomic E-state index is 12.3. The van der Waals surface area contributed by atoms with E-state index in [0.717, 1.165) is 23.1 Å². The first-order valence-electron chi connectivity index (χ1n) is 6.01. The maximum absolute atomic E-state index is 12.3. The van der Waals surface area contributed by atoms with Gasteiger partial charge in [0.05, 0.1) is 0 Å². The van der Waals surface area contributed by atoms with E-state index in [1.165, 1.54) is 0 Å². The van der Waals surface area contributed by atoms with E-state index in [1.807, 2.05) is 19.1 Å². The molecular weight excluding hydrogens is 224 g/mol. The molecule has 0 saturated carbocycles. The second-order valence-corrected chi connectivity index (χ2v) is 4.33. The van der Waals surface area contributed by atoms with Crippen molar-refractivity contribution in [2.75, 3.05) is 0 Å². The quantitative estimate of drug-likeness (QED) is 0.633. The third kappa shape index (κ3) is 2.28. The third-order valence-electron chi connectivity index (χ3n) is 3.20. The van der Waals surface area contributed by atoms with Gasteiger partial charge >= 0.3 is 0 Å². The maximum Gasteiger partial charge on any atom is 0.189 e. The number of rotatable bonds is 2. The van der Waals surface area contributed by atoms with Gasteiger partial charge in [0.15, 0.2) is 5.78 Å². The number of carbonyl (C=O) groups is 1. The number of benzene rings is 1. The monoisotopic (exact) mass is 240 g/mol. The predicted molar refractivity (Wildman–Crippen MR) is 72.8 cm³/mol. The van der Waals surface area contributed by atoms with Gasteiger partial charge in [0.2, 0.25) is 0 Å². The first-order chi connectivity index (χ1) is 8.65. The number of hydrogen-bond acceptors (Lipinski definition) is 2. The summed E-state index contributed by atoms with van der Waals surface area (Å²) in [6.45, 7) is 5.65. The van der Waals surface area contributed by atoms with E-state index in [0.29, 0.717) is 12.0 Å². The Kier molecular flexibility index (Phi) is 3.47. The summed E-state index contributed by atoms with van der Waals surface area (Å²) in [6, 6.07) is 4.93. The van der Waals surface area contributed by atoms with Crippen molar-refractivity contribution >= 4 is 5.78 Å². The van der Waals surface area contributed by atoms with Gasteiger partial charge in [-0.1, -0.05) is 18.7 Å². The molecule has 1 N–H and O–H groups in total. The molecule has 0 atom stereocenters. The summed E-state index contributed by atoms with van der Waals surface area (Å²) >= 11 is 0. The number of aryl methyl sites for hydroxylation is 1. The van der Waals surface area contributed by atoms with Crippen LogP contribution in [0.4, 0.5) is 0 Å². The highest BCUT2D eigenvalue weighted by atomic mass is 16.3. The summed E-state index contributed by atoms with van der Waals surface area (Å²) in [7, 11) is 0. The van der Waals surface area contributed by atoms with Crippen molar-refractivity contribution in [2.45, 2.75) is 19.8 Å². The Bertz CT molecular complexity index is 562. The minimum Gasteiger partial charge on any atom is -0.508 e. The molecule has 1 aromatic rings. The fraction of sp³-hybridized carbons (Fsp3) is 0.188. The van der Waals surface area contributed by atoms with Gasteiger partial charge in [-0.05, 0) is 55.2 Å². The lowest BCUT2D eigenvalue weighted by atomic mass is 9.86. The second-order valence-electron chi connectivity index (χ2n) is 4.33. The summed E-state index contributed by atoms with van der Waals surface area (Å²) in [5.74, 6) is 0.270. The van der Waals surface area contributed by atoms with Crippen LogP contribution in [0.1, 0.15) is 29.3 Å². The molecule has 1 aliphatic carbocycles. The van der Waals surface area contributed by atoms with Crippen LogP contribution in [-0.4, -0.2) is 10.9 Å². The fourth-order valence-electron chi connectivity index (χ4n) is 2.16. The molecule has 0 unspecified atom stereocenters. The zero-order valence-electron chi connectivity index (χ0n) is 10.4. The zero-order valence-corrected chi connectivity index (χ0v) is 10.4. The molecule has 0 bridgehead atoms. The number of carbonyl (C=O) groups excluding carboxylic acids is 1. The molecule has 18 heavy (non-hydrogen) atoms. The number of ketones is 1. The van der Waals surface area contributed by atoms with Crippen LogP contribution in [0.25, 0.3) is 0 Å². The van der Waals surface area contributed by atoms with Gasteiger partial charge in [0.25, 0.3) is 0 Å². The van der Waals surface area contributed by atoms with Crippen LogP contribution in [0.2, 0.25) is 0 Å². The summed E-state index contributed by atoms with van der Waals surface area (Å²) in [4.78, 5) is 12.3. The molecule has 0 radical (unpaired) electrons. The van der Waals surface area contributed by atoms with E-state index in [-0.39, 0.29) is 11.5 Å². The molecule has 0 spiro atoms. The molecule has 0 heterocycles. The third-order valence-corrected chi connectivity index (χ3v) is 3.20. The summed E-state index contributed by atoms with van der Waals surface area (Å²) in [5, 5.41) is 9.41. The Balaban J connectivity index is 2.40. The predicted octanol–water partition coefficient (Wildman–Crippen LogP) is 3.58.